The first kappa shape index (κ1) is 14.5. The smallest absolute Gasteiger partial charge is 0.246 e. The summed E-state index contributed by atoms with van der Waals surface area (Å²) in [5.74, 6) is -0.559. The van der Waals surface area contributed by atoms with Gasteiger partial charge in [-0.05, 0) is 28.1 Å². The van der Waals surface area contributed by atoms with Gasteiger partial charge in [-0.3, -0.25) is 4.79 Å². The Balaban J connectivity index is 2.23. The fourth-order valence-electron chi connectivity index (χ4n) is 1.68. The highest BCUT2D eigenvalue weighted by molar-refractivity contribution is 9.10. The number of aliphatic hydroxyl groups excluding tert-OH is 1. The number of halogens is 1. The molecule has 20 heavy (non-hydrogen) atoms. The number of aliphatic hydroxyl groups is 1. The van der Waals surface area contributed by atoms with Gasteiger partial charge in [-0.2, -0.15) is 0 Å². The van der Waals surface area contributed by atoms with E-state index in [1.165, 1.54) is 4.68 Å². The molecule has 8 heteroatoms. The number of nitrogens with zero attached hydrogens (tertiary/aromatic N) is 3. The number of carbonyl (C=O) groups excluding carboxylic acids is 1. The van der Waals surface area contributed by atoms with Crippen LogP contribution in [-0.4, -0.2) is 32.6 Å². The number of amides is 1. The third-order valence-corrected chi connectivity index (χ3v) is 3.33. The van der Waals surface area contributed by atoms with Crippen molar-refractivity contribution in [2.24, 2.45) is 5.73 Å². The second-order valence-corrected chi connectivity index (χ2v) is 4.94. The van der Waals surface area contributed by atoms with Crippen LogP contribution in [0.1, 0.15) is 11.7 Å². The molecule has 1 heterocycles. The summed E-state index contributed by atoms with van der Waals surface area (Å²) in [7, 11) is 0. The van der Waals surface area contributed by atoms with Crippen LogP contribution < -0.4 is 11.1 Å². The lowest BCUT2D eigenvalue weighted by molar-refractivity contribution is -0.118. The summed E-state index contributed by atoms with van der Waals surface area (Å²) in [5.41, 5.74) is 6.54. The summed E-state index contributed by atoms with van der Waals surface area (Å²) in [6.45, 7) is 0.259. The Morgan fingerprint density at radius 2 is 2.25 bits per heavy atom. The van der Waals surface area contributed by atoms with E-state index in [1.807, 2.05) is 24.3 Å². The highest BCUT2D eigenvalue weighted by Gasteiger charge is 2.22. The maximum Gasteiger partial charge on any atom is 0.246 e. The Labute approximate surface area is 123 Å². The average molecular weight is 340 g/mol. The van der Waals surface area contributed by atoms with E-state index < -0.39 is 11.9 Å². The van der Waals surface area contributed by atoms with Crippen molar-refractivity contribution in [1.29, 1.82) is 0 Å². The normalized spacial score (nSPS) is 12.1. The van der Waals surface area contributed by atoms with Gasteiger partial charge in [0.25, 0.3) is 0 Å². The van der Waals surface area contributed by atoms with E-state index in [2.05, 4.69) is 31.6 Å². The number of para-hydroxylation sites is 1. The molecule has 106 valence electrons. The molecular formula is C12H14BrN5O2. The highest BCUT2D eigenvalue weighted by atomic mass is 79.9. The molecule has 0 spiro atoms. The molecule has 0 bridgehead atoms. The number of carbonyl (C=O) groups is 1. The molecule has 1 aromatic carbocycles. The molecule has 0 saturated heterocycles. The van der Waals surface area contributed by atoms with E-state index in [0.717, 1.165) is 10.2 Å². The molecule has 7 nitrogen and oxygen atoms in total. The van der Waals surface area contributed by atoms with Crippen molar-refractivity contribution in [3.8, 4) is 0 Å². The largest absolute Gasteiger partial charge is 0.394 e. The Morgan fingerprint density at radius 1 is 1.50 bits per heavy atom. The number of aromatic nitrogens is 3. The first-order chi connectivity index (χ1) is 9.61. The summed E-state index contributed by atoms with van der Waals surface area (Å²) < 4.78 is 2.27. The van der Waals surface area contributed by atoms with Gasteiger partial charge in [0.15, 0.2) is 6.04 Å². The van der Waals surface area contributed by atoms with Gasteiger partial charge >= 0.3 is 0 Å². The first-order valence-corrected chi connectivity index (χ1v) is 6.72. The third-order valence-electron chi connectivity index (χ3n) is 2.64. The van der Waals surface area contributed by atoms with Crippen molar-refractivity contribution >= 4 is 27.5 Å². The molecule has 0 aliphatic heterocycles. The number of anilines is 1. The number of nitrogens with one attached hydrogen (secondary N) is 1. The van der Waals surface area contributed by atoms with E-state index in [9.17, 15) is 4.79 Å². The number of primary amides is 1. The minimum absolute atomic E-state index is 0.0539. The topological polar surface area (TPSA) is 106 Å². The van der Waals surface area contributed by atoms with Crippen molar-refractivity contribution < 1.29 is 9.90 Å². The second kappa shape index (κ2) is 6.49. The Morgan fingerprint density at radius 3 is 2.90 bits per heavy atom. The van der Waals surface area contributed by atoms with Gasteiger partial charge in [0.1, 0.15) is 5.69 Å². The highest BCUT2D eigenvalue weighted by Crippen LogP contribution is 2.25. The molecule has 1 unspecified atom stereocenters. The quantitative estimate of drug-likeness (QED) is 0.717. The van der Waals surface area contributed by atoms with Gasteiger partial charge in [0.05, 0.1) is 19.3 Å². The summed E-state index contributed by atoms with van der Waals surface area (Å²) in [6.07, 6.45) is 1.58. The minimum atomic E-state index is -0.791. The van der Waals surface area contributed by atoms with Gasteiger partial charge in [0.2, 0.25) is 5.91 Å². The Kier molecular flexibility index (Phi) is 4.70. The number of nitrogens with two attached hydrogens (primary N) is 1. The Hall–Kier alpha value is -1.93. The van der Waals surface area contributed by atoms with Crippen molar-refractivity contribution in [3.63, 3.8) is 0 Å². The van der Waals surface area contributed by atoms with Crippen molar-refractivity contribution in [2.45, 2.75) is 12.6 Å². The summed E-state index contributed by atoms with van der Waals surface area (Å²) in [5, 5.41) is 19.6. The predicted octanol–water partition coefficient (Wildman–Crippen LogP) is 0.671. The molecule has 0 aliphatic carbocycles. The summed E-state index contributed by atoms with van der Waals surface area (Å²) in [6, 6.07) is 6.59. The molecule has 0 saturated carbocycles. The molecule has 2 aromatic rings. The van der Waals surface area contributed by atoms with Crippen LogP contribution in [0.25, 0.3) is 0 Å². The SMILES string of the molecule is NC(=O)C(Nc1ccccc1Br)c1cn(CCO)nn1. The second-order valence-electron chi connectivity index (χ2n) is 4.09. The van der Waals surface area contributed by atoms with E-state index in [4.69, 9.17) is 10.8 Å². The van der Waals surface area contributed by atoms with Crippen LogP contribution in [-0.2, 0) is 11.3 Å². The van der Waals surface area contributed by atoms with Crippen LogP contribution in [0.2, 0.25) is 0 Å². The lowest BCUT2D eigenvalue weighted by atomic mass is 10.2. The lowest BCUT2D eigenvalue weighted by Crippen LogP contribution is -2.28. The maximum absolute atomic E-state index is 11.6. The van der Waals surface area contributed by atoms with E-state index >= 15 is 0 Å². The van der Waals surface area contributed by atoms with Crippen LogP contribution in [0.5, 0.6) is 0 Å². The zero-order chi connectivity index (χ0) is 14.5. The van der Waals surface area contributed by atoms with E-state index in [1.54, 1.807) is 6.20 Å². The number of hydrogen-bond acceptors (Lipinski definition) is 5. The zero-order valence-electron chi connectivity index (χ0n) is 10.5. The fraction of sp³-hybridized carbons (Fsp3) is 0.250. The van der Waals surface area contributed by atoms with Crippen LogP contribution >= 0.6 is 15.9 Å². The molecule has 1 atom stereocenters. The number of benzene rings is 1. The third kappa shape index (κ3) is 3.34. The molecular weight excluding hydrogens is 326 g/mol. The number of rotatable bonds is 6. The average Bonchev–Trinajstić information content (AvgIpc) is 2.86. The van der Waals surface area contributed by atoms with Crippen molar-refractivity contribution in [1.82, 2.24) is 15.0 Å². The fourth-order valence-corrected chi connectivity index (χ4v) is 2.08. The summed E-state index contributed by atoms with van der Waals surface area (Å²) >= 11 is 3.39. The zero-order valence-corrected chi connectivity index (χ0v) is 12.1. The van der Waals surface area contributed by atoms with Crippen LogP contribution in [0.3, 0.4) is 0 Å². The standard InChI is InChI=1S/C12H14BrN5O2/c13-8-3-1-2-4-9(8)15-11(12(14)20)10-7-18(5-6-19)17-16-10/h1-4,7,11,15,19H,5-6H2,(H2,14,20). The first-order valence-electron chi connectivity index (χ1n) is 5.93. The Bertz CT molecular complexity index is 601. The lowest BCUT2D eigenvalue weighted by Gasteiger charge is -2.15. The molecule has 0 aliphatic rings. The minimum Gasteiger partial charge on any atom is -0.394 e. The van der Waals surface area contributed by atoms with Crippen molar-refractivity contribution in [2.75, 3.05) is 11.9 Å². The van der Waals surface area contributed by atoms with Gasteiger partial charge in [0, 0.05) is 10.2 Å². The van der Waals surface area contributed by atoms with Crippen LogP contribution in [0.15, 0.2) is 34.9 Å². The van der Waals surface area contributed by atoms with Gasteiger partial charge in [-0.1, -0.05) is 17.3 Å². The van der Waals surface area contributed by atoms with Gasteiger partial charge < -0.3 is 16.2 Å². The summed E-state index contributed by atoms with van der Waals surface area (Å²) in [4.78, 5) is 11.6. The van der Waals surface area contributed by atoms with Gasteiger partial charge in [-0.15, -0.1) is 5.10 Å². The molecule has 2 rings (SSSR count). The number of hydrogen-bond donors (Lipinski definition) is 3. The molecule has 0 radical (unpaired) electrons. The van der Waals surface area contributed by atoms with E-state index in [-0.39, 0.29) is 6.61 Å². The molecule has 1 amide bonds. The maximum atomic E-state index is 11.6. The van der Waals surface area contributed by atoms with Crippen molar-refractivity contribution in [3.05, 3.63) is 40.6 Å². The van der Waals surface area contributed by atoms with E-state index in [0.29, 0.717) is 12.2 Å². The predicted molar refractivity (Wildman–Crippen MR) is 76.8 cm³/mol. The molecule has 0 fully saturated rings. The van der Waals surface area contributed by atoms with Crippen LogP contribution in [0, 0.1) is 0 Å². The van der Waals surface area contributed by atoms with Crippen LogP contribution in [0.4, 0.5) is 5.69 Å². The molecule has 1 aromatic heterocycles. The monoisotopic (exact) mass is 339 g/mol. The molecule has 4 N–H and O–H groups in total. The van der Waals surface area contributed by atoms with Gasteiger partial charge in [-0.25, -0.2) is 4.68 Å².